The standard InChI is InChI=1S/C13H26N2O/c1-15-8-2-5-13(6-9-15)11-16-10-4-12(13)3-7-14/h12H,2-11,14H2,1H3. The topological polar surface area (TPSA) is 38.5 Å². The fourth-order valence-electron chi connectivity index (χ4n) is 3.48. The molecule has 2 saturated heterocycles. The van der Waals surface area contributed by atoms with Crippen LogP contribution in [0, 0.1) is 11.3 Å². The second-order valence-corrected chi connectivity index (χ2v) is 5.63. The molecule has 0 saturated carbocycles. The van der Waals surface area contributed by atoms with E-state index in [4.69, 9.17) is 10.5 Å². The third-order valence-electron chi connectivity index (χ3n) is 4.59. The average molecular weight is 226 g/mol. The molecule has 2 N–H and O–H groups in total. The molecular formula is C13H26N2O. The van der Waals surface area contributed by atoms with Gasteiger partial charge in [0, 0.05) is 6.61 Å². The van der Waals surface area contributed by atoms with Crippen molar-refractivity contribution in [2.24, 2.45) is 17.1 Å². The molecule has 2 aliphatic heterocycles. The van der Waals surface area contributed by atoms with Gasteiger partial charge in [0.1, 0.15) is 0 Å². The predicted molar refractivity (Wildman–Crippen MR) is 66.4 cm³/mol. The van der Waals surface area contributed by atoms with E-state index in [1.54, 1.807) is 0 Å². The van der Waals surface area contributed by atoms with Gasteiger partial charge in [-0.2, -0.15) is 0 Å². The van der Waals surface area contributed by atoms with Crippen LogP contribution in [0.5, 0.6) is 0 Å². The largest absolute Gasteiger partial charge is 0.381 e. The van der Waals surface area contributed by atoms with Crippen LogP contribution < -0.4 is 5.73 Å². The molecule has 1 spiro atoms. The normalized spacial score (nSPS) is 37.5. The molecule has 2 unspecified atom stereocenters. The van der Waals surface area contributed by atoms with E-state index < -0.39 is 0 Å². The average Bonchev–Trinajstić information content (AvgIpc) is 2.46. The second-order valence-electron chi connectivity index (χ2n) is 5.63. The van der Waals surface area contributed by atoms with Gasteiger partial charge >= 0.3 is 0 Å². The van der Waals surface area contributed by atoms with Gasteiger partial charge in [0.25, 0.3) is 0 Å². The molecule has 0 aromatic carbocycles. The van der Waals surface area contributed by atoms with Crippen molar-refractivity contribution in [2.75, 3.05) is 39.9 Å². The molecular weight excluding hydrogens is 200 g/mol. The number of likely N-dealkylation sites (tertiary alicyclic amines) is 1. The van der Waals surface area contributed by atoms with Gasteiger partial charge in [0.2, 0.25) is 0 Å². The highest BCUT2D eigenvalue weighted by Gasteiger charge is 2.41. The minimum Gasteiger partial charge on any atom is -0.381 e. The number of ether oxygens (including phenoxy) is 1. The van der Waals surface area contributed by atoms with Crippen molar-refractivity contribution in [2.45, 2.75) is 32.1 Å². The Bertz CT molecular complexity index is 220. The Kier molecular flexibility index (Phi) is 4.22. The van der Waals surface area contributed by atoms with E-state index in [2.05, 4.69) is 11.9 Å². The summed E-state index contributed by atoms with van der Waals surface area (Å²) in [4.78, 5) is 2.46. The SMILES string of the molecule is CN1CCCC2(CC1)COCCC2CCN. The minimum absolute atomic E-state index is 0.447. The molecule has 94 valence electrons. The molecule has 0 aliphatic carbocycles. The maximum absolute atomic E-state index is 5.77. The van der Waals surface area contributed by atoms with Gasteiger partial charge in [-0.3, -0.25) is 0 Å². The van der Waals surface area contributed by atoms with E-state index in [0.717, 1.165) is 25.7 Å². The van der Waals surface area contributed by atoms with Crippen LogP contribution in [0.1, 0.15) is 32.1 Å². The van der Waals surface area contributed by atoms with Crippen molar-refractivity contribution in [3.05, 3.63) is 0 Å². The zero-order chi connectivity index (χ0) is 11.4. The monoisotopic (exact) mass is 226 g/mol. The molecule has 2 heterocycles. The molecule has 2 atom stereocenters. The van der Waals surface area contributed by atoms with Crippen LogP contribution in [-0.4, -0.2) is 44.8 Å². The van der Waals surface area contributed by atoms with Crippen molar-refractivity contribution in [3.63, 3.8) is 0 Å². The van der Waals surface area contributed by atoms with Crippen LogP contribution in [0.3, 0.4) is 0 Å². The Morgan fingerprint density at radius 2 is 2.25 bits per heavy atom. The van der Waals surface area contributed by atoms with Gasteiger partial charge in [-0.05, 0) is 70.1 Å². The smallest absolute Gasteiger partial charge is 0.0525 e. The van der Waals surface area contributed by atoms with Crippen LogP contribution in [0.2, 0.25) is 0 Å². The lowest BCUT2D eigenvalue weighted by atomic mass is 9.67. The molecule has 0 radical (unpaired) electrons. The van der Waals surface area contributed by atoms with Crippen LogP contribution in [0.15, 0.2) is 0 Å². The van der Waals surface area contributed by atoms with E-state index >= 15 is 0 Å². The van der Waals surface area contributed by atoms with E-state index in [9.17, 15) is 0 Å². The van der Waals surface area contributed by atoms with Gasteiger partial charge in [0.05, 0.1) is 6.61 Å². The maximum atomic E-state index is 5.77. The highest BCUT2D eigenvalue weighted by atomic mass is 16.5. The number of rotatable bonds is 2. The highest BCUT2D eigenvalue weighted by Crippen LogP contribution is 2.44. The lowest BCUT2D eigenvalue weighted by molar-refractivity contribution is -0.0621. The van der Waals surface area contributed by atoms with Gasteiger partial charge in [-0.25, -0.2) is 0 Å². The molecule has 0 aromatic heterocycles. The zero-order valence-corrected chi connectivity index (χ0v) is 10.6. The molecule has 3 nitrogen and oxygen atoms in total. The van der Waals surface area contributed by atoms with Crippen molar-refractivity contribution in [1.29, 1.82) is 0 Å². The number of hydrogen-bond donors (Lipinski definition) is 1. The van der Waals surface area contributed by atoms with Crippen molar-refractivity contribution in [1.82, 2.24) is 4.90 Å². The molecule has 2 fully saturated rings. The van der Waals surface area contributed by atoms with Crippen molar-refractivity contribution < 1.29 is 4.74 Å². The second kappa shape index (κ2) is 5.48. The maximum Gasteiger partial charge on any atom is 0.0525 e. The molecule has 0 bridgehead atoms. The summed E-state index contributed by atoms with van der Waals surface area (Å²) in [6.07, 6.45) is 6.37. The summed E-state index contributed by atoms with van der Waals surface area (Å²) in [6.45, 7) is 5.23. The molecule has 0 aromatic rings. The van der Waals surface area contributed by atoms with Crippen LogP contribution in [0.25, 0.3) is 0 Å². The number of hydrogen-bond acceptors (Lipinski definition) is 3. The summed E-state index contributed by atoms with van der Waals surface area (Å²) in [5.41, 5.74) is 6.21. The summed E-state index contributed by atoms with van der Waals surface area (Å²) >= 11 is 0. The van der Waals surface area contributed by atoms with Gasteiger partial charge in [0.15, 0.2) is 0 Å². The third kappa shape index (κ3) is 2.58. The lowest BCUT2D eigenvalue weighted by Crippen LogP contribution is -2.41. The van der Waals surface area contributed by atoms with Crippen molar-refractivity contribution >= 4 is 0 Å². The molecule has 3 heteroatoms. The van der Waals surface area contributed by atoms with Crippen LogP contribution in [0.4, 0.5) is 0 Å². The van der Waals surface area contributed by atoms with E-state index in [-0.39, 0.29) is 0 Å². The third-order valence-corrected chi connectivity index (χ3v) is 4.59. The number of nitrogens with two attached hydrogens (primary N) is 1. The van der Waals surface area contributed by atoms with Crippen molar-refractivity contribution in [3.8, 4) is 0 Å². The molecule has 2 aliphatic rings. The Morgan fingerprint density at radius 3 is 3.06 bits per heavy atom. The first kappa shape index (κ1) is 12.3. The zero-order valence-electron chi connectivity index (χ0n) is 10.6. The Morgan fingerprint density at radius 1 is 1.38 bits per heavy atom. The summed E-state index contributed by atoms with van der Waals surface area (Å²) in [7, 11) is 2.24. The van der Waals surface area contributed by atoms with E-state index in [0.29, 0.717) is 5.41 Å². The first-order valence-electron chi connectivity index (χ1n) is 6.73. The first-order chi connectivity index (χ1) is 7.77. The van der Waals surface area contributed by atoms with Crippen LogP contribution >= 0.6 is 0 Å². The molecule has 2 rings (SSSR count). The van der Waals surface area contributed by atoms with Gasteiger partial charge < -0.3 is 15.4 Å². The molecule has 16 heavy (non-hydrogen) atoms. The number of nitrogens with zero attached hydrogens (tertiary/aromatic N) is 1. The predicted octanol–water partition coefficient (Wildman–Crippen LogP) is 1.47. The fourth-order valence-corrected chi connectivity index (χ4v) is 3.48. The Hall–Kier alpha value is -0.120. The highest BCUT2D eigenvalue weighted by molar-refractivity contribution is 4.91. The fraction of sp³-hybridized carbons (Fsp3) is 1.00. The summed E-state index contributed by atoms with van der Waals surface area (Å²) in [6, 6.07) is 0. The van der Waals surface area contributed by atoms with E-state index in [1.165, 1.54) is 45.2 Å². The molecule has 0 amide bonds. The van der Waals surface area contributed by atoms with Gasteiger partial charge in [-0.15, -0.1) is 0 Å². The first-order valence-corrected chi connectivity index (χ1v) is 6.73. The van der Waals surface area contributed by atoms with Gasteiger partial charge in [-0.1, -0.05) is 0 Å². The Balaban J connectivity index is 2.05. The van der Waals surface area contributed by atoms with Crippen LogP contribution in [-0.2, 0) is 4.74 Å². The quantitative estimate of drug-likeness (QED) is 0.775. The Labute approximate surface area is 99.3 Å². The minimum atomic E-state index is 0.447. The summed E-state index contributed by atoms with van der Waals surface area (Å²) in [5.74, 6) is 0.803. The summed E-state index contributed by atoms with van der Waals surface area (Å²) < 4.78 is 5.77. The van der Waals surface area contributed by atoms with E-state index in [1.807, 2.05) is 0 Å². The lowest BCUT2D eigenvalue weighted by Gasteiger charge is -2.43. The summed E-state index contributed by atoms with van der Waals surface area (Å²) in [5, 5.41) is 0.